The minimum Gasteiger partial charge on any atom is -0.310 e. The average Bonchev–Trinajstić information content (AvgIpc) is 3.23. The van der Waals surface area contributed by atoms with E-state index >= 15 is 0 Å². The molecular weight excluding hydrogens is 251 g/mol. The van der Waals surface area contributed by atoms with Crippen LogP contribution in [0.5, 0.6) is 0 Å². The van der Waals surface area contributed by atoms with Crippen molar-refractivity contribution in [3.63, 3.8) is 0 Å². The number of hydrogen-bond donors (Lipinski definition) is 1. The van der Waals surface area contributed by atoms with Crippen LogP contribution in [0.2, 0.25) is 0 Å². The van der Waals surface area contributed by atoms with E-state index in [1.807, 2.05) is 12.1 Å². The summed E-state index contributed by atoms with van der Waals surface area (Å²) in [6, 6.07) is 6.47. The Morgan fingerprint density at radius 1 is 1.30 bits per heavy atom. The van der Waals surface area contributed by atoms with Gasteiger partial charge < -0.3 is 5.32 Å². The first-order valence-corrected chi connectivity index (χ1v) is 7.68. The Bertz CT molecular complexity index is 441. The van der Waals surface area contributed by atoms with Crippen LogP contribution < -0.4 is 5.32 Å². The molecule has 1 atom stereocenters. The standard InChI is InChI=1S/C17H27FN2/c1-12(2)19-10-14-5-8-17(18)16(9-14)11-20(4)13(3)15-6-7-15/h5,8-9,12-13,15,19H,6-7,10-11H2,1-4H3. The SMILES string of the molecule is CC(C)NCc1ccc(F)c(CN(C)C(C)C2CC2)c1. The van der Waals surface area contributed by atoms with E-state index in [0.717, 1.165) is 23.6 Å². The maximum Gasteiger partial charge on any atom is 0.127 e. The Morgan fingerprint density at radius 3 is 2.60 bits per heavy atom. The van der Waals surface area contributed by atoms with Crippen molar-refractivity contribution in [2.24, 2.45) is 5.92 Å². The fourth-order valence-corrected chi connectivity index (χ4v) is 2.53. The molecule has 1 N–H and O–H groups in total. The zero-order chi connectivity index (χ0) is 14.7. The summed E-state index contributed by atoms with van der Waals surface area (Å²) in [4.78, 5) is 2.27. The topological polar surface area (TPSA) is 15.3 Å². The third-order valence-corrected chi connectivity index (χ3v) is 4.24. The van der Waals surface area contributed by atoms with Gasteiger partial charge in [0.15, 0.2) is 0 Å². The molecule has 1 aromatic carbocycles. The second-order valence-electron chi connectivity index (χ2n) is 6.45. The summed E-state index contributed by atoms with van der Waals surface area (Å²) in [6.07, 6.45) is 2.65. The molecule has 1 fully saturated rings. The molecule has 0 heterocycles. The van der Waals surface area contributed by atoms with Gasteiger partial charge >= 0.3 is 0 Å². The van der Waals surface area contributed by atoms with Crippen molar-refractivity contribution in [3.05, 3.63) is 35.1 Å². The van der Waals surface area contributed by atoms with Crippen molar-refractivity contribution in [1.29, 1.82) is 0 Å². The molecular formula is C17H27FN2. The Kier molecular flexibility index (Phi) is 5.17. The Hall–Kier alpha value is -0.930. The van der Waals surface area contributed by atoms with Crippen LogP contribution in [-0.2, 0) is 13.1 Å². The van der Waals surface area contributed by atoms with Crippen LogP contribution in [0.25, 0.3) is 0 Å². The number of nitrogens with one attached hydrogen (secondary N) is 1. The van der Waals surface area contributed by atoms with Gasteiger partial charge in [0.25, 0.3) is 0 Å². The molecule has 0 aromatic heterocycles. The molecule has 3 heteroatoms. The molecule has 1 aliphatic carbocycles. The lowest BCUT2D eigenvalue weighted by Crippen LogP contribution is -2.30. The van der Waals surface area contributed by atoms with Gasteiger partial charge in [-0.2, -0.15) is 0 Å². The molecule has 1 saturated carbocycles. The molecule has 2 nitrogen and oxygen atoms in total. The van der Waals surface area contributed by atoms with Crippen LogP contribution >= 0.6 is 0 Å². The van der Waals surface area contributed by atoms with Crippen LogP contribution in [0.3, 0.4) is 0 Å². The Labute approximate surface area is 122 Å². The quantitative estimate of drug-likeness (QED) is 0.820. The molecule has 112 valence electrons. The van der Waals surface area contributed by atoms with Crippen molar-refractivity contribution in [3.8, 4) is 0 Å². The molecule has 0 bridgehead atoms. The smallest absolute Gasteiger partial charge is 0.127 e. The highest BCUT2D eigenvalue weighted by molar-refractivity contribution is 5.25. The monoisotopic (exact) mass is 278 g/mol. The molecule has 20 heavy (non-hydrogen) atoms. The van der Waals surface area contributed by atoms with Crippen molar-refractivity contribution >= 4 is 0 Å². The number of hydrogen-bond acceptors (Lipinski definition) is 2. The lowest BCUT2D eigenvalue weighted by Gasteiger charge is -2.25. The number of rotatable bonds is 7. The predicted molar refractivity (Wildman–Crippen MR) is 82.0 cm³/mol. The van der Waals surface area contributed by atoms with Gasteiger partial charge in [0.1, 0.15) is 5.82 Å². The van der Waals surface area contributed by atoms with E-state index in [-0.39, 0.29) is 5.82 Å². The van der Waals surface area contributed by atoms with Gasteiger partial charge in [-0.1, -0.05) is 26.0 Å². The van der Waals surface area contributed by atoms with Gasteiger partial charge in [0.05, 0.1) is 0 Å². The van der Waals surface area contributed by atoms with Gasteiger partial charge in [0.2, 0.25) is 0 Å². The molecule has 0 saturated heterocycles. The van der Waals surface area contributed by atoms with Gasteiger partial charge in [0, 0.05) is 30.7 Å². The zero-order valence-electron chi connectivity index (χ0n) is 13.1. The summed E-state index contributed by atoms with van der Waals surface area (Å²) in [5, 5.41) is 3.38. The van der Waals surface area contributed by atoms with Crippen molar-refractivity contribution in [1.82, 2.24) is 10.2 Å². The van der Waals surface area contributed by atoms with Crippen molar-refractivity contribution in [2.45, 2.75) is 58.8 Å². The van der Waals surface area contributed by atoms with Crippen LogP contribution in [0.4, 0.5) is 4.39 Å². The second-order valence-corrected chi connectivity index (χ2v) is 6.45. The Balaban J connectivity index is 2.00. The van der Waals surface area contributed by atoms with Gasteiger partial charge in [-0.25, -0.2) is 4.39 Å². The van der Waals surface area contributed by atoms with Gasteiger partial charge in [-0.05, 0) is 44.4 Å². The maximum atomic E-state index is 14.0. The first-order chi connectivity index (χ1) is 9.47. The fraction of sp³-hybridized carbons (Fsp3) is 0.647. The minimum absolute atomic E-state index is 0.0897. The zero-order valence-corrected chi connectivity index (χ0v) is 13.1. The predicted octanol–water partition coefficient (Wildman–Crippen LogP) is 3.55. The van der Waals surface area contributed by atoms with Crippen LogP contribution in [-0.4, -0.2) is 24.0 Å². The summed E-state index contributed by atoms with van der Waals surface area (Å²) in [6.45, 7) is 7.98. The third-order valence-electron chi connectivity index (χ3n) is 4.24. The maximum absolute atomic E-state index is 14.0. The van der Waals surface area contributed by atoms with E-state index in [1.54, 1.807) is 6.07 Å². The summed E-state index contributed by atoms with van der Waals surface area (Å²) >= 11 is 0. The highest BCUT2D eigenvalue weighted by Crippen LogP contribution is 2.35. The molecule has 0 radical (unpaired) electrons. The Morgan fingerprint density at radius 2 is 2.00 bits per heavy atom. The normalized spacial score (nSPS) is 16.9. The number of halogens is 1. The van der Waals surface area contributed by atoms with E-state index < -0.39 is 0 Å². The summed E-state index contributed by atoms with van der Waals surface area (Å²) in [7, 11) is 2.10. The van der Waals surface area contributed by atoms with Gasteiger partial charge in [-0.3, -0.25) is 4.90 Å². The lowest BCUT2D eigenvalue weighted by molar-refractivity contribution is 0.223. The van der Waals surface area contributed by atoms with Crippen molar-refractivity contribution < 1.29 is 4.39 Å². The van der Waals surface area contributed by atoms with E-state index in [4.69, 9.17) is 0 Å². The third kappa shape index (κ3) is 4.29. The second kappa shape index (κ2) is 6.68. The molecule has 0 aliphatic heterocycles. The molecule has 2 rings (SSSR count). The van der Waals surface area contributed by atoms with E-state index in [1.165, 1.54) is 12.8 Å². The number of benzene rings is 1. The van der Waals surface area contributed by atoms with Gasteiger partial charge in [-0.15, -0.1) is 0 Å². The largest absolute Gasteiger partial charge is 0.310 e. The molecule has 1 aromatic rings. The summed E-state index contributed by atoms with van der Waals surface area (Å²) in [5.74, 6) is 0.724. The molecule has 0 spiro atoms. The number of nitrogens with zero attached hydrogens (tertiary/aromatic N) is 1. The summed E-state index contributed by atoms with van der Waals surface area (Å²) in [5.41, 5.74) is 1.96. The van der Waals surface area contributed by atoms with Crippen molar-refractivity contribution in [2.75, 3.05) is 7.05 Å². The van der Waals surface area contributed by atoms with E-state index in [2.05, 4.69) is 38.0 Å². The highest BCUT2D eigenvalue weighted by atomic mass is 19.1. The fourth-order valence-electron chi connectivity index (χ4n) is 2.53. The van der Waals surface area contributed by atoms with E-state index in [9.17, 15) is 4.39 Å². The van der Waals surface area contributed by atoms with Crippen LogP contribution in [0.15, 0.2) is 18.2 Å². The molecule has 0 amide bonds. The van der Waals surface area contributed by atoms with E-state index in [0.29, 0.717) is 18.6 Å². The first kappa shape index (κ1) is 15.5. The van der Waals surface area contributed by atoms with Crippen LogP contribution in [0.1, 0.15) is 44.7 Å². The van der Waals surface area contributed by atoms with Crippen LogP contribution in [0, 0.1) is 11.7 Å². The summed E-state index contributed by atoms with van der Waals surface area (Å²) < 4.78 is 14.0. The average molecular weight is 278 g/mol. The lowest BCUT2D eigenvalue weighted by atomic mass is 10.1. The molecule has 1 aliphatic rings. The highest BCUT2D eigenvalue weighted by Gasteiger charge is 2.30. The minimum atomic E-state index is -0.0897. The molecule has 1 unspecified atom stereocenters. The first-order valence-electron chi connectivity index (χ1n) is 7.68.